The third-order valence-electron chi connectivity index (χ3n) is 4.42. The fourth-order valence-electron chi connectivity index (χ4n) is 2.36. The standard InChI is InChI=1S/C14H17BClNO4/c1-13(2)14(3,4)21-15(20-13)8-6-7-9-11(10(8)16)17(5)12(18)19-9/h6-7H,1-5H3. The molecule has 0 saturated carbocycles. The molecule has 0 aliphatic carbocycles. The normalized spacial score (nSPS) is 20.4. The van der Waals surface area contributed by atoms with Gasteiger partial charge >= 0.3 is 12.9 Å². The molecule has 2 heterocycles. The minimum atomic E-state index is -0.572. The Morgan fingerprint density at radius 2 is 1.71 bits per heavy atom. The molecule has 0 amide bonds. The zero-order chi connectivity index (χ0) is 15.6. The number of hydrogen-bond donors (Lipinski definition) is 0. The molecule has 0 bridgehead atoms. The van der Waals surface area contributed by atoms with Crippen molar-refractivity contribution in [3.05, 3.63) is 27.7 Å². The molecule has 1 aromatic heterocycles. The first-order valence-electron chi connectivity index (χ1n) is 6.77. The lowest BCUT2D eigenvalue weighted by Gasteiger charge is -2.32. The Bertz CT molecular complexity index is 761. The minimum Gasteiger partial charge on any atom is -0.408 e. The molecule has 5 nitrogen and oxygen atoms in total. The summed E-state index contributed by atoms with van der Waals surface area (Å²) in [4.78, 5) is 11.6. The molecule has 1 aromatic carbocycles. The van der Waals surface area contributed by atoms with Gasteiger partial charge in [0.2, 0.25) is 0 Å². The Balaban J connectivity index is 2.13. The Morgan fingerprint density at radius 3 is 2.29 bits per heavy atom. The van der Waals surface area contributed by atoms with E-state index >= 15 is 0 Å². The van der Waals surface area contributed by atoms with Crippen LogP contribution in [0, 0.1) is 0 Å². The Hall–Kier alpha value is -1.24. The number of fused-ring (bicyclic) bond motifs is 1. The first kappa shape index (κ1) is 14.7. The second-order valence-electron chi connectivity index (χ2n) is 6.33. The Labute approximate surface area is 127 Å². The summed E-state index contributed by atoms with van der Waals surface area (Å²) in [6.07, 6.45) is 0. The number of aryl methyl sites for hydroxylation is 1. The van der Waals surface area contributed by atoms with E-state index in [1.807, 2.05) is 27.7 Å². The highest BCUT2D eigenvalue weighted by atomic mass is 35.5. The van der Waals surface area contributed by atoms with Crippen LogP contribution in [-0.4, -0.2) is 22.9 Å². The number of halogens is 1. The molecular weight excluding hydrogens is 292 g/mol. The van der Waals surface area contributed by atoms with Gasteiger partial charge < -0.3 is 13.7 Å². The number of benzene rings is 1. The highest BCUT2D eigenvalue weighted by Crippen LogP contribution is 2.37. The molecule has 0 radical (unpaired) electrons. The Morgan fingerprint density at radius 1 is 1.14 bits per heavy atom. The van der Waals surface area contributed by atoms with E-state index in [0.717, 1.165) is 0 Å². The lowest BCUT2D eigenvalue weighted by molar-refractivity contribution is 0.00578. The third-order valence-corrected chi connectivity index (χ3v) is 4.82. The minimum absolute atomic E-state index is 0.416. The predicted octanol–water partition coefficient (Wildman–Crippen LogP) is 2.08. The van der Waals surface area contributed by atoms with Gasteiger partial charge in [0.1, 0.15) is 5.52 Å². The summed E-state index contributed by atoms with van der Waals surface area (Å²) in [7, 11) is 1.05. The van der Waals surface area contributed by atoms with E-state index in [1.54, 1.807) is 19.2 Å². The third kappa shape index (κ3) is 2.05. The summed E-state index contributed by atoms with van der Waals surface area (Å²) < 4.78 is 18.5. The van der Waals surface area contributed by atoms with Crippen LogP contribution in [0.3, 0.4) is 0 Å². The van der Waals surface area contributed by atoms with E-state index < -0.39 is 24.1 Å². The van der Waals surface area contributed by atoms with E-state index in [0.29, 0.717) is 21.6 Å². The fourth-order valence-corrected chi connectivity index (χ4v) is 2.74. The number of oxazole rings is 1. The lowest BCUT2D eigenvalue weighted by Crippen LogP contribution is -2.41. The van der Waals surface area contributed by atoms with Crippen molar-refractivity contribution < 1.29 is 13.7 Å². The fraction of sp³-hybridized carbons (Fsp3) is 0.500. The topological polar surface area (TPSA) is 53.6 Å². The van der Waals surface area contributed by atoms with Crippen molar-refractivity contribution in [3.63, 3.8) is 0 Å². The van der Waals surface area contributed by atoms with E-state index in [9.17, 15) is 4.79 Å². The molecule has 1 fully saturated rings. The van der Waals surface area contributed by atoms with Gasteiger partial charge in [-0.3, -0.25) is 4.57 Å². The summed E-state index contributed by atoms with van der Waals surface area (Å²) >= 11 is 6.45. The molecule has 21 heavy (non-hydrogen) atoms. The van der Waals surface area contributed by atoms with Crippen LogP contribution in [0.25, 0.3) is 11.1 Å². The highest BCUT2D eigenvalue weighted by Gasteiger charge is 2.52. The smallest absolute Gasteiger partial charge is 0.408 e. The van der Waals surface area contributed by atoms with Gasteiger partial charge in [-0.25, -0.2) is 4.79 Å². The highest BCUT2D eigenvalue weighted by molar-refractivity contribution is 6.66. The molecule has 0 atom stereocenters. The van der Waals surface area contributed by atoms with Crippen molar-refractivity contribution in [3.8, 4) is 0 Å². The van der Waals surface area contributed by atoms with Gasteiger partial charge in [-0.2, -0.15) is 0 Å². The summed E-state index contributed by atoms with van der Waals surface area (Å²) in [5.41, 5.74) is 0.803. The maximum Gasteiger partial charge on any atom is 0.496 e. The van der Waals surface area contributed by atoms with Gasteiger partial charge in [-0.05, 0) is 33.8 Å². The van der Waals surface area contributed by atoms with Gasteiger partial charge in [0.05, 0.1) is 16.2 Å². The summed E-state index contributed by atoms with van der Waals surface area (Å²) in [6.45, 7) is 7.92. The van der Waals surface area contributed by atoms with E-state index in [-0.39, 0.29) is 0 Å². The van der Waals surface area contributed by atoms with Crippen molar-refractivity contribution in [1.29, 1.82) is 0 Å². The van der Waals surface area contributed by atoms with Crippen LogP contribution < -0.4 is 11.2 Å². The zero-order valence-electron chi connectivity index (χ0n) is 12.7. The average Bonchev–Trinajstić information content (AvgIpc) is 2.75. The van der Waals surface area contributed by atoms with E-state index in [2.05, 4.69) is 0 Å². The maximum absolute atomic E-state index is 11.6. The average molecular weight is 310 g/mol. The molecule has 3 rings (SSSR count). The van der Waals surface area contributed by atoms with Crippen molar-refractivity contribution in [2.45, 2.75) is 38.9 Å². The van der Waals surface area contributed by atoms with E-state index in [1.165, 1.54) is 4.57 Å². The lowest BCUT2D eigenvalue weighted by atomic mass is 9.79. The van der Waals surface area contributed by atoms with Crippen molar-refractivity contribution in [2.75, 3.05) is 0 Å². The quantitative estimate of drug-likeness (QED) is 0.757. The first-order chi connectivity index (χ1) is 9.64. The van der Waals surface area contributed by atoms with Crippen LogP contribution in [0.5, 0.6) is 0 Å². The summed E-state index contributed by atoms with van der Waals surface area (Å²) in [6, 6.07) is 3.48. The summed E-state index contributed by atoms with van der Waals surface area (Å²) in [5, 5.41) is 0.416. The van der Waals surface area contributed by atoms with Crippen LogP contribution >= 0.6 is 11.6 Å². The van der Waals surface area contributed by atoms with Crippen LogP contribution in [0.1, 0.15) is 27.7 Å². The number of aromatic nitrogens is 1. The van der Waals surface area contributed by atoms with Gasteiger partial charge in [-0.1, -0.05) is 17.7 Å². The monoisotopic (exact) mass is 309 g/mol. The molecule has 0 N–H and O–H groups in total. The number of hydrogen-bond acceptors (Lipinski definition) is 4. The Kier molecular flexibility index (Phi) is 3.07. The van der Waals surface area contributed by atoms with Crippen LogP contribution in [0.2, 0.25) is 5.02 Å². The molecule has 1 aliphatic heterocycles. The van der Waals surface area contributed by atoms with Gasteiger partial charge in [0.15, 0.2) is 5.58 Å². The zero-order valence-corrected chi connectivity index (χ0v) is 13.4. The van der Waals surface area contributed by atoms with Gasteiger partial charge in [0, 0.05) is 12.5 Å². The number of nitrogens with zero attached hydrogens (tertiary/aromatic N) is 1. The van der Waals surface area contributed by atoms with E-state index in [4.69, 9.17) is 25.3 Å². The SMILES string of the molecule is Cn1c(=O)oc2ccc(B3OC(C)(C)C(C)(C)O3)c(Cl)c21. The molecule has 0 spiro atoms. The second kappa shape index (κ2) is 4.38. The van der Waals surface area contributed by atoms with Crippen molar-refractivity contribution >= 4 is 35.3 Å². The molecule has 1 saturated heterocycles. The summed E-state index contributed by atoms with van der Waals surface area (Å²) in [5.74, 6) is -0.446. The van der Waals surface area contributed by atoms with Crippen LogP contribution in [0.4, 0.5) is 0 Å². The second-order valence-corrected chi connectivity index (χ2v) is 6.71. The van der Waals surface area contributed by atoms with Crippen LogP contribution in [0.15, 0.2) is 21.3 Å². The molecular formula is C14H17BClNO4. The maximum atomic E-state index is 11.6. The first-order valence-corrected chi connectivity index (χ1v) is 7.15. The molecule has 7 heteroatoms. The van der Waals surface area contributed by atoms with Crippen LogP contribution in [-0.2, 0) is 16.4 Å². The molecule has 112 valence electrons. The van der Waals surface area contributed by atoms with Gasteiger partial charge in [0.25, 0.3) is 0 Å². The van der Waals surface area contributed by atoms with Gasteiger partial charge in [-0.15, -0.1) is 0 Å². The molecule has 0 unspecified atom stereocenters. The molecule has 2 aromatic rings. The van der Waals surface area contributed by atoms with Crippen molar-refractivity contribution in [2.24, 2.45) is 7.05 Å². The predicted molar refractivity (Wildman–Crippen MR) is 82.2 cm³/mol. The molecule has 1 aliphatic rings. The largest absolute Gasteiger partial charge is 0.496 e. The van der Waals surface area contributed by atoms with Crippen molar-refractivity contribution in [1.82, 2.24) is 4.57 Å². The number of rotatable bonds is 1.